The SMILES string of the molecule is COc1cnc(C(=O)Nc2ccnc([C@]3(CF)CCSC(N)=N3)c2)c(N)n1. The quantitative estimate of drug-likeness (QED) is 0.693. The molecule has 2 aromatic rings. The van der Waals surface area contributed by atoms with Crippen LogP contribution in [0.25, 0.3) is 0 Å². The number of aromatic nitrogens is 3. The number of alkyl halides is 1. The molecule has 0 spiro atoms. The van der Waals surface area contributed by atoms with Gasteiger partial charge in [0, 0.05) is 17.6 Å². The van der Waals surface area contributed by atoms with Gasteiger partial charge < -0.3 is 21.5 Å². The Morgan fingerprint density at radius 1 is 1.44 bits per heavy atom. The molecule has 5 N–H and O–H groups in total. The Morgan fingerprint density at radius 3 is 2.93 bits per heavy atom. The normalized spacial score (nSPS) is 19.3. The van der Waals surface area contributed by atoms with E-state index in [9.17, 15) is 9.18 Å². The number of halogens is 1. The summed E-state index contributed by atoms with van der Waals surface area (Å²) in [6.07, 6.45) is 3.22. The second-order valence-corrected chi connectivity index (χ2v) is 6.86. The van der Waals surface area contributed by atoms with E-state index in [1.807, 2.05) is 0 Å². The summed E-state index contributed by atoms with van der Waals surface area (Å²) >= 11 is 1.37. The largest absolute Gasteiger partial charge is 0.480 e. The molecule has 1 aliphatic heterocycles. The van der Waals surface area contributed by atoms with Crippen molar-refractivity contribution >= 4 is 34.3 Å². The van der Waals surface area contributed by atoms with Crippen LogP contribution in [0.3, 0.4) is 0 Å². The summed E-state index contributed by atoms with van der Waals surface area (Å²) in [6, 6.07) is 3.14. The Balaban J connectivity index is 1.86. The molecule has 27 heavy (non-hydrogen) atoms. The molecule has 3 rings (SSSR count). The summed E-state index contributed by atoms with van der Waals surface area (Å²) in [6.45, 7) is -0.741. The van der Waals surface area contributed by atoms with E-state index in [-0.39, 0.29) is 17.4 Å². The number of ether oxygens (including phenoxy) is 1. The number of hydrogen-bond donors (Lipinski definition) is 3. The van der Waals surface area contributed by atoms with Crippen LogP contribution >= 0.6 is 11.8 Å². The summed E-state index contributed by atoms with van der Waals surface area (Å²) in [5.41, 5.74) is 11.1. The number of hydrogen-bond acceptors (Lipinski definition) is 9. The van der Waals surface area contributed by atoms with Crippen LogP contribution in [0, 0.1) is 0 Å². The Hall–Kier alpha value is -2.95. The second-order valence-electron chi connectivity index (χ2n) is 5.74. The van der Waals surface area contributed by atoms with Gasteiger partial charge in [-0.2, -0.15) is 4.98 Å². The first-order chi connectivity index (χ1) is 13.0. The Kier molecular flexibility index (Phi) is 5.40. The van der Waals surface area contributed by atoms with Gasteiger partial charge in [0.2, 0.25) is 5.88 Å². The lowest BCUT2D eigenvalue weighted by Crippen LogP contribution is -2.34. The first-order valence-electron chi connectivity index (χ1n) is 7.96. The number of nitrogens with one attached hydrogen (secondary N) is 1. The van der Waals surface area contributed by atoms with E-state index in [4.69, 9.17) is 16.2 Å². The number of aliphatic imine (C=N–C) groups is 1. The molecule has 1 atom stereocenters. The van der Waals surface area contributed by atoms with E-state index in [0.29, 0.717) is 28.7 Å². The van der Waals surface area contributed by atoms with E-state index >= 15 is 0 Å². The van der Waals surface area contributed by atoms with E-state index in [2.05, 4.69) is 25.3 Å². The highest BCUT2D eigenvalue weighted by molar-refractivity contribution is 8.13. The maximum absolute atomic E-state index is 13.8. The summed E-state index contributed by atoms with van der Waals surface area (Å²) in [5, 5.41) is 2.98. The third-order valence-electron chi connectivity index (χ3n) is 4.01. The highest BCUT2D eigenvalue weighted by Crippen LogP contribution is 2.35. The number of carbonyl (C=O) groups is 1. The minimum atomic E-state index is -1.14. The standard InChI is InChI=1S/C16H18FN7O2S/c1-26-11-7-21-12(13(18)23-11)14(25)22-9-2-4-20-10(6-9)16(8-17)3-5-27-15(19)24-16/h2,4,6-7H,3,5,8H2,1H3,(H2,18,23)(H2,19,24)(H,20,22,25)/t16-/m1/s1. The third kappa shape index (κ3) is 3.92. The lowest BCUT2D eigenvalue weighted by molar-refractivity contribution is 0.102. The minimum absolute atomic E-state index is 0.0503. The number of nitrogens with two attached hydrogens (primary N) is 2. The van der Waals surface area contributed by atoms with Crippen molar-refractivity contribution in [3.63, 3.8) is 0 Å². The molecule has 11 heteroatoms. The van der Waals surface area contributed by atoms with E-state index in [1.54, 1.807) is 12.1 Å². The Labute approximate surface area is 158 Å². The summed E-state index contributed by atoms with van der Waals surface area (Å²) in [5.74, 6) is 0.209. The number of amides is 1. The van der Waals surface area contributed by atoms with E-state index in [1.165, 1.54) is 31.3 Å². The number of pyridine rings is 1. The third-order valence-corrected chi connectivity index (χ3v) is 4.80. The van der Waals surface area contributed by atoms with Gasteiger partial charge in [-0.05, 0) is 18.6 Å². The van der Waals surface area contributed by atoms with Crippen molar-refractivity contribution in [2.24, 2.45) is 10.7 Å². The molecule has 0 aromatic carbocycles. The van der Waals surface area contributed by atoms with Gasteiger partial charge in [0.05, 0.1) is 19.0 Å². The predicted octanol–water partition coefficient (Wildman–Crippen LogP) is 1.33. The van der Waals surface area contributed by atoms with Gasteiger partial charge in [-0.1, -0.05) is 11.8 Å². The summed E-state index contributed by atoms with van der Waals surface area (Å²) < 4.78 is 18.7. The Morgan fingerprint density at radius 2 is 2.26 bits per heavy atom. The van der Waals surface area contributed by atoms with Crippen LogP contribution in [-0.4, -0.2) is 45.6 Å². The molecule has 0 fully saturated rings. The maximum Gasteiger partial charge on any atom is 0.278 e. The van der Waals surface area contributed by atoms with Crippen molar-refractivity contribution in [1.82, 2.24) is 15.0 Å². The van der Waals surface area contributed by atoms with Crippen molar-refractivity contribution in [1.29, 1.82) is 0 Å². The van der Waals surface area contributed by atoms with Gasteiger partial charge in [-0.25, -0.2) is 14.4 Å². The van der Waals surface area contributed by atoms with Crippen LogP contribution < -0.4 is 21.5 Å². The molecule has 0 saturated carbocycles. The zero-order valence-corrected chi connectivity index (χ0v) is 15.3. The predicted molar refractivity (Wildman–Crippen MR) is 102 cm³/mol. The molecule has 3 heterocycles. The number of thioether (sulfide) groups is 1. The molecular weight excluding hydrogens is 373 g/mol. The molecule has 142 valence electrons. The molecule has 1 amide bonds. The fraction of sp³-hybridized carbons (Fsp3) is 0.312. The van der Waals surface area contributed by atoms with Crippen molar-refractivity contribution < 1.29 is 13.9 Å². The van der Waals surface area contributed by atoms with Crippen LogP contribution in [0.1, 0.15) is 22.6 Å². The smallest absolute Gasteiger partial charge is 0.278 e. The van der Waals surface area contributed by atoms with Crippen molar-refractivity contribution in [2.75, 3.05) is 30.6 Å². The first kappa shape index (κ1) is 18.8. The molecule has 0 radical (unpaired) electrons. The number of rotatable bonds is 5. The van der Waals surface area contributed by atoms with Crippen molar-refractivity contribution in [3.05, 3.63) is 35.9 Å². The number of nitrogen functional groups attached to an aromatic ring is 1. The lowest BCUT2D eigenvalue weighted by Gasteiger charge is -2.30. The van der Waals surface area contributed by atoms with Crippen LogP contribution in [0.5, 0.6) is 5.88 Å². The number of carbonyl (C=O) groups excluding carboxylic acids is 1. The number of methoxy groups -OCH3 is 1. The Bertz CT molecular complexity index is 895. The highest BCUT2D eigenvalue weighted by Gasteiger charge is 2.36. The average molecular weight is 391 g/mol. The fourth-order valence-corrected chi connectivity index (χ4v) is 3.48. The van der Waals surface area contributed by atoms with Crippen LogP contribution in [0.15, 0.2) is 29.5 Å². The fourth-order valence-electron chi connectivity index (χ4n) is 2.59. The highest BCUT2D eigenvalue weighted by atomic mass is 32.2. The maximum atomic E-state index is 13.8. The molecule has 0 saturated heterocycles. The zero-order valence-electron chi connectivity index (χ0n) is 14.5. The lowest BCUT2D eigenvalue weighted by atomic mass is 9.93. The topological polar surface area (TPSA) is 141 Å². The average Bonchev–Trinajstić information content (AvgIpc) is 2.67. The second kappa shape index (κ2) is 7.74. The van der Waals surface area contributed by atoms with E-state index < -0.39 is 18.1 Å². The zero-order chi connectivity index (χ0) is 19.4. The monoisotopic (exact) mass is 391 g/mol. The van der Waals surface area contributed by atoms with Crippen molar-refractivity contribution in [2.45, 2.75) is 12.0 Å². The molecule has 0 aliphatic carbocycles. The molecule has 0 unspecified atom stereocenters. The van der Waals surface area contributed by atoms with E-state index in [0.717, 1.165) is 0 Å². The van der Waals surface area contributed by atoms with Gasteiger partial charge >= 0.3 is 0 Å². The molecule has 1 aliphatic rings. The van der Waals surface area contributed by atoms with Gasteiger partial charge in [-0.15, -0.1) is 0 Å². The molecule has 0 bridgehead atoms. The van der Waals surface area contributed by atoms with Crippen molar-refractivity contribution in [3.8, 4) is 5.88 Å². The van der Waals surface area contributed by atoms with Crippen LogP contribution in [0.4, 0.5) is 15.9 Å². The van der Waals surface area contributed by atoms with Gasteiger partial charge in [0.1, 0.15) is 12.2 Å². The van der Waals surface area contributed by atoms with Gasteiger partial charge in [0.25, 0.3) is 5.91 Å². The van der Waals surface area contributed by atoms with Crippen LogP contribution in [-0.2, 0) is 5.54 Å². The van der Waals surface area contributed by atoms with Gasteiger partial charge in [0.15, 0.2) is 16.7 Å². The minimum Gasteiger partial charge on any atom is -0.480 e. The van der Waals surface area contributed by atoms with Crippen LogP contribution in [0.2, 0.25) is 0 Å². The summed E-state index contributed by atoms with van der Waals surface area (Å²) in [4.78, 5) is 28.8. The summed E-state index contributed by atoms with van der Waals surface area (Å²) in [7, 11) is 1.42. The number of nitrogens with zero attached hydrogens (tertiary/aromatic N) is 4. The first-order valence-corrected chi connectivity index (χ1v) is 8.94. The number of amidine groups is 1. The molecule has 2 aromatic heterocycles. The molecule has 9 nitrogen and oxygen atoms in total. The van der Waals surface area contributed by atoms with Gasteiger partial charge in [-0.3, -0.25) is 9.78 Å². The number of anilines is 2. The molecular formula is C16H18FN7O2S.